The highest BCUT2D eigenvalue weighted by Gasteiger charge is 2.15. The lowest BCUT2D eigenvalue weighted by Crippen LogP contribution is -2.39. The minimum atomic E-state index is 0.344. The van der Waals surface area contributed by atoms with Crippen LogP contribution in [-0.4, -0.2) is 25.3 Å². The zero-order chi connectivity index (χ0) is 12.2. The van der Waals surface area contributed by atoms with Gasteiger partial charge in [0.2, 0.25) is 0 Å². The Kier molecular flexibility index (Phi) is 11.3. The van der Waals surface area contributed by atoms with Gasteiger partial charge in [0.15, 0.2) is 0 Å². The molecule has 0 bridgehead atoms. The molecule has 0 saturated heterocycles. The largest absolute Gasteiger partial charge is 0.377 e. The quantitative estimate of drug-likeness (QED) is 0.545. The summed E-state index contributed by atoms with van der Waals surface area (Å²) in [5.41, 5.74) is 0. The van der Waals surface area contributed by atoms with E-state index in [4.69, 9.17) is 4.74 Å². The van der Waals surface area contributed by atoms with Gasteiger partial charge in [-0.1, -0.05) is 46.0 Å². The van der Waals surface area contributed by atoms with Gasteiger partial charge in [-0.3, -0.25) is 0 Å². The number of likely N-dealkylation sites (N-methyl/N-ethyl adjacent to an activating group) is 1. The van der Waals surface area contributed by atoms with E-state index < -0.39 is 0 Å². The number of unbranched alkanes of at least 4 members (excludes halogenated alkanes) is 4. The molecule has 2 unspecified atom stereocenters. The maximum absolute atomic E-state index is 5.67. The average molecular weight is 229 g/mol. The van der Waals surface area contributed by atoms with E-state index in [0.717, 1.165) is 13.2 Å². The summed E-state index contributed by atoms with van der Waals surface area (Å²) in [5.74, 6) is 0. The van der Waals surface area contributed by atoms with Crippen LogP contribution in [0, 0.1) is 0 Å². The summed E-state index contributed by atoms with van der Waals surface area (Å²) in [7, 11) is 0. The second kappa shape index (κ2) is 11.4. The molecule has 0 aromatic carbocycles. The average Bonchev–Trinajstić information content (AvgIpc) is 2.27. The molecule has 0 rings (SSSR count). The van der Waals surface area contributed by atoms with Crippen LogP contribution in [0.5, 0.6) is 0 Å². The minimum absolute atomic E-state index is 0.344. The summed E-state index contributed by atoms with van der Waals surface area (Å²) in [6.45, 7) is 10.5. The zero-order valence-electron chi connectivity index (χ0n) is 11.7. The Hall–Kier alpha value is -0.0800. The number of ether oxygens (including phenoxy) is 1. The fraction of sp³-hybridized carbons (Fsp3) is 1.00. The molecule has 16 heavy (non-hydrogen) atoms. The topological polar surface area (TPSA) is 21.3 Å². The van der Waals surface area contributed by atoms with E-state index >= 15 is 0 Å². The van der Waals surface area contributed by atoms with Gasteiger partial charge in [-0.25, -0.2) is 0 Å². The van der Waals surface area contributed by atoms with E-state index in [2.05, 4.69) is 33.0 Å². The van der Waals surface area contributed by atoms with Crippen LogP contribution in [0.15, 0.2) is 0 Å². The highest BCUT2D eigenvalue weighted by molar-refractivity contribution is 4.73. The molecule has 0 radical (unpaired) electrons. The molecule has 2 nitrogen and oxygen atoms in total. The third kappa shape index (κ3) is 8.12. The molecule has 0 fully saturated rings. The molecule has 2 heteroatoms. The molecule has 0 spiro atoms. The summed E-state index contributed by atoms with van der Waals surface area (Å²) in [6, 6.07) is 0.534. The molecule has 0 heterocycles. The van der Waals surface area contributed by atoms with Gasteiger partial charge in [0.1, 0.15) is 0 Å². The predicted octanol–water partition coefficient (Wildman–Crippen LogP) is 3.75. The van der Waals surface area contributed by atoms with Crippen LogP contribution in [0.2, 0.25) is 0 Å². The molecule has 0 amide bonds. The van der Waals surface area contributed by atoms with Crippen molar-refractivity contribution in [3.05, 3.63) is 0 Å². The number of hydrogen-bond acceptors (Lipinski definition) is 2. The summed E-state index contributed by atoms with van der Waals surface area (Å²) < 4.78 is 5.67. The Balaban J connectivity index is 3.66. The molecule has 0 aliphatic carbocycles. The van der Waals surface area contributed by atoms with E-state index in [1.807, 2.05) is 0 Å². The Morgan fingerprint density at radius 3 is 2.25 bits per heavy atom. The second-order valence-electron chi connectivity index (χ2n) is 4.53. The van der Waals surface area contributed by atoms with Crippen molar-refractivity contribution in [2.24, 2.45) is 0 Å². The highest BCUT2D eigenvalue weighted by Crippen LogP contribution is 2.11. The molecule has 0 aromatic rings. The SMILES string of the molecule is CCCCCCCC(NCC)C(C)OCC. The molecule has 98 valence electrons. The fourth-order valence-electron chi connectivity index (χ4n) is 2.11. The van der Waals surface area contributed by atoms with E-state index in [-0.39, 0.29) is 0 Å². The van der Waals surface area contributed by atoms with Crippen molar-refractivity contribution in [3.63, 3.8) is 0 Å². The third-order valence-electron chi connectivity index (χ3n) is 3.08. The van der Waals surface area contributed by atoms with Crippen molar-refractivity contribution in [3.8, 4) is 0 Å². The first-order valence-electron chi connectivity index (χ1n) is 7.11. The van der Waals surface area contributed by atoms with Gasteiger partial charge in [-0.05, 0) is 26.8 Å². The van der Waals surface area contributed by atoms with Crippen LogP contribution in [0.1, 0.15) is 66.2 Å². The smallest absolute Gasteiger partial charge is 0.0699 e. The molecular weight excluding hydrogens is 198 g/mol. The van der Waals surface area contributed by atoms with Gasteiger partial charge in [0, 0.05) is 12.6 Å². The van der Waals surface area contributed by atoms with Crippen LogP contribution in [-0.2, 0) is 4.74 Å². The van der Waals surface area contributed by atoms with Gasteiger partial charge in [0.05, 0.1) is 6.10 Å². The Bertz CT molecular complexity index is 139. The minimum Gasteiger partial charge on any atom is -0.377 e. The normalized spacial score (nSPS) is 15.0. The van der Waals surface area contributed by atoms with Crippen molar-refractivity contribution in [1.82, 2.24) is 5.32 Å². The fourth-order valence-corrected chi connectivity index (χ4v) is 2.11. The van der Waals surface area contributed by atoms with Crippen LogP contribution < -0.4 is 5.32 Å². The number of rotatable bonds is 11. The predicted molar refractivity (Wildman–Crippen MR) is 71.9 cm³/mol. The lowest BCUT2D eigenvalue weighted by Gasteiger charge is -2.24. The van der Waals surface area contributed by atoms with Crippen molar-refractivity contribution in [1.29, 1.82) is 0 Å². The second-order valence-corrected chi connectivity index (χ2v) is 4.53. The zero-order valence-corrected chi connectivity index (χ0v) is 11.7. The summed E-state index contributed by atoms with van der Waals surface area (Å²) >= 11 is 0. The van der Waals surface area contributed by atoms with Crippen molar-refractivity contribution in [2.45, 2.75) is 78.4 Å². The first-order valence-corrected chi connectivity index (χ1v) is 7.11. The van der Waals surface area contributed by atoms with E-state index in [0.29, 0.717) is 12.1 Å². The maximum atomic E-state index is 5.67. The molecule has 0 aliphatic rings. The Morgan fingerprint density at radius 1 is 1.00 bits per heavy atom. The monoisotopic (exact) mass is 229 g/mol. The number of hydrogen-bond donors (Lipinski definition) is 1. The summed E-state index contributed by atoms with van der Waals surface area (Å²) in [6.07, 6.45) is 8.38. The van der Waals surface area contributed by atoms with Crippen molar-refractivity contribution in [2.75, 3.05) is 13.2 Å². The lowest BCUT2D eigenvalue weighted by molar-refractivity contribution is 0.0449. The molecule has 1 N–H and O–H groups in total. The van der Waals surface area contributed by atoms with Crippen molar-refractivity contribution < 1.29 is 4.74 Å². The van der Waals surface area contributed by atoms with Gasteiger partial charge in [0.25, 0.3) is 0 Å². The van der Waals surface area contributed by atoms with Crippen LogP contribution in [0.4, 0.5) is 0 Å². The van der Waals surface area contributed by atoms with E-state index in [9.17, 15) is 0 Å². The third-order valence-corrected chi connectivity index (χ3v) is 3.08. The first-order chi connectivity index (χ1) is 7.76. The highest BCUT2D eigenvalue weighted by atomic mass is 16.5. The van der Waals surface area contributed by atoms with Gasteiger partial charge >= 0.3 is 0 Å². The summed E-state index contributed by atoms with van der Waals surface area (Å²) in [4.78, 5) is 0. The maximum Gasteiger partial charge on any atom is 0.0699 e. The van der Waals surface area contributed by atoms with Gasteiger partial charge in [-0.15, -0.1) is 0 Å². The number of nitrogens with one attached hydrogen (secondary N) is 1. The summed E-state index contributed by atoms with van der Waals surface area (Å²) in [5, 5.41) is 3.53. The van der Waals surface area contributed by atoms with Crippen molar-refractivity contribution >= 4 is 0 Å². The molecule has 0 saturated carbocycles. The molecule has 0 aliphatic heterocycles. The molecule has 0 aromatic heterocycles. The van der Waals surface area contributed by atoms with Crippen LogP contribution in [0.3, 0.4) is 0 Å². The van der Waals surface area contributed by atoms with Gasteiger partial charge < -0.3 is 10.1 Å². The standard InChI is InChI=1S/C14H31NO/c1-5-8-9-10-11-12-14(15-6-2)13(4)16-7-3/h13-15H,5-12H2,1-4H3. The Morgan fingerprint density at radius 2 is 1.69 bits per heavy atom. The lowest BCUT2D eigenvalue weighted by atomic mass is 10.0. The molecular formula is C14H31NO. The van der Waals surface area contributed by atoms with E-state index in [1.54, 1.807) is 0 Å². The van der Waals surface area contributed by atoms with Crippen LogP contribution in [0.25, 0.3) is 0 Å². The van der Waals surface area contributed by atoms with E-state index in [1.165, 1.54) is 38.5 Å². The first kappa shape index (κ1) is 15.9. The molecule has 2 atom stereocenters. The van der Waals surface area contributed by atoms with Crippen LogP contribution >= 0.6 is 0 Å². The van der Waals surface area contributed by atoms with Gasteiger partial charge in [-0.2, -0.15) is 0 Å². The Labute approximate surface area is 102 Å².